The Balaban J connectivity index is 2.07. The van der Waals surface area contributed by atoms with Crippen LogP contribution in [-0.2, 0) is 6.42 Å². The lowest BCUT2D eigenvalue weighted by molar-refractivity contribution is 0.573. The summed E-state index contributed by atoms with van der Waals surface area (Å²) in [7, 11) is 0. The van der Waals surface area contributed by atoms with Gasteiger partial charge in [0.15, 0.2) is 5.65 Å². The van der Waals surface area contributed by atoms with Crippen LogP contribution in [0.4, 0.5) is 11.6 Å². The van der Waals surface area contributed by atoms with E-state index in [0.29, 0.717) is 0 Å². The SMILES string of the molecule is CCNc1cc(N2CCCCC2)nc2c(CC)cnn12. The van der Waals surface area contributed by atoms with Crippen LogP contribution in [0.25, 0.3) is 5.65 Å². The van der Waals surface area contributed by atoms with Gasteiger partial charge in [-0.3, -0.25) is 0 Å². The van der Waals surface area contributed by atoms with Gasteiger partial charge < -0.3 is 10.2 Å². The number of rotatable bonds is 4. The van der Waals surface area contributed by atoms with Gasteiger partial charge in [-0.15, -0.1) is 0 Å². The molecule has 0 saturated carbocycles. The average molecular weight is 273 g/mol. The van der Waals surface area contributed by atoms with Crippen LogP contribution in [0.2, 0.25) is 0 Å². The average Bonchev–Trinajstić information content (AvgIpc) is 2.91. The molecule has 20 heavy (non-hydrogen) atoms. The second-order valence-corrected chi connectivity index (χ2v) is 5.34. The van der Waals surface area contributed by atoms with E-state index in [1.165, 1.54) is 24.8 Å². The summed E-state index contributed by atoms with van der Waals surface area (Å²) < 4.78 is 1.93. The molecule has 1 aliphatic heterocycles. The second-order valence-electron chi connectivity index (χ2n) is 5.34. The fourth-order valence-electron chi connectivity index (χ4n) is 2.84. The summed E-state index contributed by atoms with van der Waals surface area (Å²) in [4.78, 5) is 7.26. The number of nitrogens with one attached hydrogen (secondary N) is 1. The standard InChI is InChI=1S/C15H23N5/c1-3-12-11-17-20-13(16-4-2)10-14(18-15(12)20)19-8-6-5-7-9-19/h10-11,16H,3-9H2,1-2H3. The molecule has 2 aromatic heterocycles. The monoisotopic (exact) mass is 273 g/mol. The third kappa shape index (κ3) is 2.32. The number of aromatic nitrogens is 3. The fourth-order valence-corrected chi connectivity index (χ4v) is 2.84. The molecule has 1 N–H and O–H groups in total. The fraction of sp³-hybridized carbons (Fsp3) is 0.600. The Hall–Kier alpha value is -1.78. The molecule has 0 aliphatic carbocycles. The van der Waals surface area contributed by atoms with Crippen LogP contribution in [-0.4, -0.2) is 34.2 Å². The first-order chi connectivity index (χ1) is 9.83. The van der Waals surface area contributed by atoms with E-state index in [1.54, 1.807) is 0 Å². The Kier molecular flexibility index (Phi) is 3.76. The van der Waals surface area contributed by atoms with E-state index in [1.807, 2.05) is 10.7 Å². The normalized spacial score (nSPS) is 15.8. The van der Waals surface area contributed by atoms with Gasteiger partial charge >= 0.3 is 0 Å². The van der Waals surface area contributed by atoms with Crippen molar-refractivity contribution in [3.8, 4) is 0 Å². The van der Waals surface area contributed by atoms with Gasteiger partial charge in [-0.05, 0) is 32.6 Å². The number of hydrogen-bond donors (Lipinski definition) is 1. The van der Waals surface area contributed by atoms with Crippen LogP contribution in [0.5, 0.6) is 0 Å². The zero-order valence-corrected chi connectivity index (χ0v) is 12.4. The molecule has 0 atom stereocenters. The Morgan fingerprint density at radius 2 is 2.00 bits per heavy atom. The maximum atomic E-state index is 4.86. The summed E-state index contributed by atoms with van der Waals surface area (Å²) in [5.74, 6) is 2.13. The number of anilines is 2. The van der Waals surface area contributed by atoms with Gasteiger partial charge in [0.2, 0.25) is 0 Å². The van der Waals surface area contributed by atoms with E-state index in [0.717, 1.165) is 43.3 Å². The van der Waals surface area contributed by atoms with Crippen LogP contribution in [0, 0.1) is 0 Å². The molecule has 1 saturated heterocycles. The maximum absolute atomic E-state index is 4.86. The first kappa shape index (κ1) is 13.2. The van der Waals surface area contributed by atoms with E-state index >= 15 is 0 Å². The molecule has 5 heteroatoms. The number of hydrogen-bond acceptors (Lipinski definition) is 4. The van der Waals surface area contributed by atoms with Crippen LogP contribution in [0.15, 0.2) is 12.3 Å². The molecule has 5 nitrogen and oxygen atoms in total. The molecule has 1 aliphatic rings. The van der Waals surface area contributed by atoms with E-state index in [9.17, 15) is 0 Å². The second kappa shape index (κ2) is 5.69. The summed E-state index contributed by atoms with van der Waals surface area (Å²) in [5, 5.41) is 7.87. The number of fused-ring (bicyclic) bond motifs is 1. The van der Waals surface area contributed by atoms with Crippen LogP contribution < -0.4 is 10.2 Å². The number of aryl methyl sites for hydroxylation is 1. The lowest BCUT2D eigenvalue weighted by Crippen LogP contribution is -2.30. The molecule has 0 amide bonds. The molecule has 0 bridgehead atoms. The lowest BCUT2D eigenvalue weighted by atomic mass is 10.1. The minimum Gasteiger partial charge on any atom is -0.370 e. The van der Waals surface area contributed by atoms with Crippen molar-refractivity contribution < 1.29 is 0 Å². The Morgan fingerprint density at radius 3 is 2.70 bits per heavy atom. The maximum Gasteiger partial charge on any atom is 0.162 e. The summed E-state index contributed by atoms with van der Waals surface area (Å²) in [5.41, 5.74) is 2.20. The summed E-state index contributed by atoms with van der Waals surface area (Å²) in [6.07, 6.45) is 6.77. The largest absolute Gasteiger partial charge is 0.370 e. The smallest absolute Gasteiger partial charge is 0.162 e. The Bertz CT molecular complexity index is 583. The van der Waals surface area contributed by atoms with Gasteiger partial charge in [0, 0.05) is 31.3 Å². The highest BCUT2D eigenvalue weighted by atomic mass is 15.3. The van der Waals surface area contributed by atoms with E-state index in [-0.39, 0.29) is 0 Å². The lowest BCUT2D eigenvalue weighted by Gasteiger charge is -2.28. The molecule has 0 unspecified atom stereocenters. The Labute approximate surface area is 120 Å². The molecule has 2 aromatic rings. The molecule has 0 spiro atoms. The van der Waals surface area contributed by atoms with Crippen molar-refractivity contribution in [3.05, 3.63) is 17.8 Å². The predicted octanol–water partition coefficient (Wildman–Crippen LogP) is 2.71. The molecular formula is C15H23N5. The zero-order chi connectivity index (χ0) is 13.9. The summed E-state index contributed by atoms with van der Waals surface area (Å²) >= 11 is 0. The zero-order valence-electron chi connectivity index (χ0n) is 12.4. The molecule has 3 heterocycles. The van der Waals surface area contributed by atoms with Crippen molar-refractivity contribution >= 4 is 17.3 Å². The van der Waals surface area contributed by atoms with Crippen molar-refractivity contribution in [2.24, 2.45) is 0 Å². The summed E-state index contributed by atoms with van der Waals surface area (Å²) in [6.45, 7) is 7.38. The molecular weight excluding hydrogens is 250 g/mol. The van der Waals surface area contributed by atoms with E-state index < -0.39 is 0 Å². The van der Waals surface area contributed by atoms with Crippen molar-refractivity contribution in [3.63, 3.8) is 0 Å². The Morgan fingerprint density at radius 1 is 1.20 bits per heavy atom. The van der Waals surface area contributed by atoms with Crippen LogP contribution >= 0.6 is 0 Å². The van der Waals surface area contributed by atoms with Gasteiger partial charge in [-0.1, -0.05) is 6.92 Å². The quantitative estimate of drug-likeness (QED) is 0.930. The van der Waals surface area contributed by atoms with E-state index in [4.69, 9.17) is 4.98 Å². The molecule has 108 valence electrons. The topological polar surface area (TPSA) is 45.5 Å². The minimum absolute atomic E-state index is 0.889. The van der Waals surface area contributed by atoms with Crippen molar-refractivity contribution in [2.75, 3.05) is 29.9 Å². The van der Waals surface area contributed by atoms with Crippen molar-refractivity contribution in [1.29, 1.82) is 0 Å². The first-order valence-corrected chi connectivity index (χ1v) is 7.70. The highest BCUT2D eigenvalue weighted by molar-refractivity contribution is 5.61. The van der Waals surface area contributed by atoms with Gasteiger partial charge in [0.05, 0.1) is 6.20 Å². The molecule has 1 fully saturated rings. The molecule has 3 rings (SSSR count). The number of piperidine rings is 1. The van der Waals surface area contributed by atoms with Gasteiger partial charge in [-0.25, -0.2) is 4.98 Å². The van der Waals surface area contributed by atoms with E-state index in [2.05, 4.69) is 35.2 Å². The van der Waals surface area contributed by atoms with Gasteiger partial charge in [-0.2, -0.15) is 9.61 Å². The third-order valence-electron chi connectivity index (χ3n) is 3.95. The van der Waals surface area contributed by atoms with Gasteiger partial charge in [0.1, 0.15) is 11.6 Å². The third-order valence-corrected chi connectivity index (χ3v) is 3.95. The van der Waals surface area contributed by atoms with Crippen molar-refractivity contribution in [1.82, 2.24) is 14.6 Å². The van der Waals surface area contributed by atoms with Crippen molar-refractivity contribution in [2.45, 2.75) is 39.5 Å². The highest BCUT2D eigenvalue weighted by Crippen LogP contribution is 2.24. The number of nitrogens with zero attached hydrogens (tertiary/aromatic N) is 4. The molecule has 0 aromatic carbocycles. The minimum atomic E-state index is 0.889. The van der Waals surface area contributed by atoms with Gasteiger partial charge in [0.25, 0.3) is 0 Å². The first-order valence-electron chi connectivity index (χ1n) is 7.70. The molecule has 0 radical (unpaired) electrons. The van der Waals surface area contributed by atoms with Crippen LogP contribution in [0.1, 0.15) is 38.7 Å². The highest BCUT2D eigenvalue weighted by Gasteiger charge is 2.16. The van der Waals surface area contributed by atoms with Crippen LogP contribution in [0.3, 0.4) is 0 Å². The predicted molar refractivity (Wildman–Crippen MR) is 82.6 cm³/mol. The summed E-state index contributed by atoms with van der Waals surface area (Å²) in [6, 6.07) is 2.13.